The van der Waals surface area contributed by atoms with E-state index in [-0.39, 0.29) is 12.1 Å². The van der Waals surface area contributed by atoms with E-state index >= 15 is 0 Å². The van der Waals surface area contributed by atoms with Gasteiger partial charge in [0.25, 0.3) is 0 Å². The first-order valence-electron chi connectivity index (χ1n) is 12.8. The lowest BCUT2D eigenvalue weighted by molar-refractivity contribution is 0.194. The number of hydrogen-bond acceptors (Lipinski definition) is 2. The second kappa shape index (κ2) is 9.88. The monoisotopic (exact) mass is 521 g/mol. The molecule has 0 radical (unpaired) electrons. The molecule has 0 bridgehead atoms. The second-order valence-corrected chi connectivity index (χ2v) is 9.94. The van der Waals surface area contributed by atoms with Gasteiger partial charge in [0.2, 0.25) is 0 Å². The van der Waals surface area contributed by atoms with Gasteiger partial charge in [-0.05, 0) is 73.0 Å². The highest BCUT2D eigenvalue weighted by molar-refractivity contribution is 6.30. The zero-order valence-corrected chi connectivity index (χ0v) is 22.1. The number of fused-ring (bicyclic) bond motifs is 3. The second-order valence-electron chi connectivity index (χ2n) is 9.50. The number of aryl methyl sites for hydroxylation is 2. The Labute approximate surface area is 227 Å². The molecule has 38 heavy (non-hydrogen) atoms. The third kappa shape index (κ3) is 4.27. The van der Waals surface area contributed by atoms with Gasteiger partial charge in [0.15, 0.2) is 0 Å². The fourth-order valence-corrected chi connectivity index (χ4v) is 5.39. The number of para-hydroxylation sites is 1. The van der Waals surface area contributed by atoms with Gasteiger partial charge in [-0.2, -0.15) is 5.10 Å². The highest BCUT2D eigenvalue weighted by atomic mass is 35.5. The van der Waals surface area contributed by atoms with Crippen molar-refractivity contribution < 1.29 is 4.79 Å². The predicted molar refractivity (Wildman–Crippen MR) is 151 cm³/mol. The minimum atomic E-state index is -0.366. The van der Waals surface area contributed by atoms with Crippen LogP contribution in [0.2, 0.25) is 5.02 Å². The van der Waals surface area contributed by atoms with Crippen LogP contribution in [0.25, 0.3) is 11.5 Å². The molecule has 0 unspecified atom stereocenters. The first-order valence-corrected chi connectivity index (χ1v) is 13.1. The molecule has 0 fully saturated rings. The van der Waals surface area contributed by atoms with E-state index in [1.807, 2.05) is 108 Å². The molecular weight excluding hydrogens is 494 g/mol. The lowest BCUT2D eigenvalue weighted by atomic mass is 10.0. The van der Waals surface area contributed by atoms with Crippen molar-refractivity contribution >= 4 is 23.3 Å². The van der Waals surface area contributed by atoms with Gasteiger partial charge in [0, 0.05) is 22.5 Å². The van der Waals surface area contributed by atoms with Crippen LogP contribution >= 0.6 is 11.6 Å². The number of anilines is 1. The third-order valence-corrected chi connectivity index (χ3v) is 7.36. The summed E-state index contributed by atoms with van der Waals surface area (Å²) in [6.07, 6.45) is 2.98. The molecule has 1 atom stereocenters. The molecule has 3 aromatic carbocycles. The zero-order chi connectivity index (χ0) is 26.2. The highest BCUT2D eigenvalue weighted by Gasteiger charge is 2.36. The van der Waals surface area contributed by atoms with Crippen LogP contribution in [-0.4, -0.2) is 25.3 Å². The summed E-state index contributed by atoms with van der Waals surface area (Å²) in [6.45, 7) is 4.50. The Hall–Kier alpha value is -4.29. The van der Waals surface area contributed by atoms with Crippen molar-refractivity contribution in [3.8, 4) is 11.5 Å². The van der Waals surface area contributed by atoms with E-state index in [0.717, 1.165) is 46.1 Å². The maximum Gasteiger partial charge on any atom is 0.322 e. The maximum atomic E-state index is 14.0. The molecule has 1 aliphatic heterocycles. The molecule has 6 rings (SSSR count). The molecule has 2 amide bonds. The van der Waals surface area contributed by atoms with Crippen LogP contribution in [0, 0.1) is 6.92 Å². The largest absolute Gasteiger partial charge is 0.322 e. The van der Waals surface area contributed by atoms with Crippen molar-refractivity contribution in [1.82, 2.24) is 19.2 Å². The van der Waals surface area contributed by atoms with E-state index < -0.39 is 0 Å². The van der Waals surface area contributed by atoms with Gasteiger partial charge < -0.3 is 14.8 Å². The number of amides is 2. The van der Waals surface area contributed by atoms with Gasteiger partial charge >= 0.3 is 6.03 Å². The molecule has 1 aliphatic rings. The summed E-state index contributed by atoms with van der Waals surface area (Å²) in [5, 5.41) is 8.67. The number of aromatic nitrogens is 3. The van der Waals surface area contributed by atoms with E-state index in [1.54, 1.807) is 0 Å². The Morgan fingerprint density at radius 1 is 1.00 bits per heavy atom. The number of hydrogen-bond donors (Lipinski definition) is 1. The first kappa shape index (κ1) is 24.1. The van der Waals surface area contributed by atoms with Crippen LogP contribution in [-0.2, 0) is 13.0 Å². The molecule has 3 heterocycles. The molecule has 1 N–H and O–H groups in total. The van der Waals surface area contributed by atoms with E-state index in [0.29, 0.717) is 11.6 Å². The van der Waals surface area contributed by atoms with Crippen LogP contribution in [0.3, 0.4) is 0 Å². The molecule has 190 valence electrons. The maximum absolute atomic E-state index is 14.0. The lowest BCUT2D eigenvalue weighted by Gasteiger charge is -2.31. The number of rotatable bonds is 4. The number of nitrogens with one attached hydrogen (secondary N) is 1. The van der Waals surface area contributed by atoms with Crippen molar-refractivity contribution in [3.63, 3.8) is 0 Å². The zero-order valence-electron chi connectivity index (χ0n) is 21.3. The fourth-order valence-electron chi connectivity index (χ4n) is 5.20. The Morgan fingerprint density at radius 2 is 1.79 bits per heavy atom. The average Bonchev–Trinajstić information content (AvgIpc) is 3.50. The minimum Gasteiger partial charge on any atom is -0.308 e. The van der Waals surface area contributed by atoms with Crippen molar-refractivity contribution in [2.24, 2.45) is 0 Å². The number of urea groups is 1. The van der Waals surface area contributed by atoms with Gasteiger partial charge in [-0.15, -0.1) is 0 Å². The van der Waals surface area contributed by atoms with Crippen LogP contribution in [0.5, 0.6) is 0 Å². The number of carbonyl (C=O) groups is 1. The highest BCUT2D eigenvalue weighted by Crippen LogP contribution is 2.39. The minimum absolute atomic E-state index is 0.188. The first-order chi connectivity index (χ1) is 18.5. The molecule has 0 saturated carbocycles. The SMILES string of the molecule is CCc1ccc(NC(=O)N2Cc3c(C)nn(-c4ccccc4)c3-n3cccc3[C@@H]2c2cccc(Cl)c2)cc1. The van der Waals surface area contributed by atoms with Gasteiger partial charge in [0.05, 0.1) is 29.7 Å². The quantitative estimate of drug-likeness (QED) is 0.269. The normalized spacial score (nSPS) is 14.5. The number of nitrogens with zero attached hydrogens (tertiary/aromatic N) is 4. The van der Waals surface area contributed by atoms with Crippen LogP contribution in [0.1, 0.15) is 41.0 Å². The summed E-state index contributed by atoms with van der Waals surface area (Å²) in [4.78, 5) is 15.9. The Morgan fingerprint density at radius 3 is 2.53 bits per heavy atom. The number of carbonyl (C=O) groups excluding carboxylic acids is 1. The summed E-state index contributed by atoms with van der Waals surface area (Å²) in [7, 11) is 0. The Kier molecular flexibility index (Phi) is 6.26. The lowest BCUT2D eigenvalue weighted by Crippen LogP contribution is -2.38. The molecule has 0 saturated heterocycles. The van der Waals surface area contributed by atoms with Gasteiger partial charge in [-0.25, -0.2) is 9.48 Å². The summed E-state index contributed by atoms with van der Waals surface area (Å²) in [5.41, 5.74) is 6.71. The van der Waals surface area contributed by atoms with E-state index in [4.69, 9.17) is 16.7 Å². The average molecular weight is 522 g/mol. The van der Waals surface area contributed by atoms with Gasteiger partial charge in [0.1, 0.15) is 5.82 Å². The topological polar surface area (TPSA) is 55.1 Å². The smallest absolute Gasteiger partial charge is 0.308 e. The van der Waals surface area contributed by atoms with Crippen molar-refractivity contribution in [3.05, 3.63) is 130 Å². The molecule has 6 nitrogen and oxygen atoms in total. The molecule has 5 aromatic rings. The Balaban J connectivity index is 1.51. The van der Waals surface area contributed by atoms with E-state index in [2.05, 4.69) is 22.9 Å². The van der Waals surface area contributed by atoms with Gasteiger partial charge in [-0.1, -0.05) is 61.0 Å². The molecule has 0 aliphatic carbocycles. The van der Waals surface area contributed by atoms with Crippen LogP contribution < -0.4 is 5.32 Å². The summed E-state index contributed by atoms with van der Waals surface area (Å²) in [5.74, 6) is 0.934. The predicted octanol–water partition coefficient (Wildman–Crippen LogP) is 7.32. The summed E-state index contributed by atoms with van der Waals surface area (Å²) >= 11 is 6.45. The fraction of sp³-hybridized carbons (Fsp3) is 0.161. The van der Waals surface area contributed by atoms with Crippen molar-refractivity contribution in [2.45, 2.75) is 32.9 Å². The summed E-state index contributed by atoms with van der Waals surface area (Å²) in [6, 6.07) is 29.4. The van der Waals surface area contributed by atoms with Crippen LogP contribution in [0.4, 0.5) is 10.5 Å². The molecule has 0 spiro atoms. The van der Waals surface area contributed by atoms with Crippen molar-refractivity contribution in [2.75, 3.05) is 5.32 Å². The standard InChI is InChI=1S/C31H28ClN5O/c1-3-22-14-16-25(17-15-22)33-31(38)36-20-27-21(2)34-37(26-11-5-4-6-12-26)30(27)35-18-8-13-28(35)29(36)23-9-7-10-24(32)19-23/h4-19,29H,3,20H2,1-2H3,(H,33,38)/t29-/m0/s1. The molecule has 2 aromatic heterocycles. The van der Waals surface area contributed by atoms with E-state index in [1.165, 1.54) is 5.56 Å². The van der Waals surface area contributed by atoms with E-state index in [9.17, 15) is 4.79 Å². The number of halogens is 1. The Bertz CT molecular complexity index is 1600. The summed E-state index contributed by atoms with van der Waals surface area (Å²) < 4.78 is 4.12. The van der Waals surface area contributed by atoms with Gasteiger partial charge in [-0.3, -0.25) is 0 Å². The molecular formula is C31H28ClN5O. The third-order valence-electron chi connectivity index (χ3n) is 7.13. The number of benzene rings is 3. The molecule has 7 heteroatoms. The van der Waals surface area contributed by atoms with Crippen molar-refractivity contribution in [1.29, 1.82) is 0 Å². The van der Waals surface area contributed by atoms with Crippen LogP contribution in [0.15, 0.2) is 97.2 Å².